The summed E-state index contributed by atoms with van der Waals surface area (Å²) in [4.78, 5) is 20.1. The summed E-state index contributed by atoms with van der Waals surface area (Å²) in [6.45, 7) is 1.94. The molecule has 3 aromatic rings. The summed E-state index contributed by atoms with van der Waals surface area (Å²) in [5.74, 6) is 0.490. The van der Waals surface area contributed by atoms with E-state index in [1.807, 2.05) is 13.0 Å². The van der Waals surface area contributed by atoms with Crippen LogP contribution in [0.3, 0.4) is 0 Å². The van der Waals surface area contributed by atoms with Gasteiger partial charge in [0.05, 0.1) is 6.20 Å². The highest BCUT2D eigenvalue weighted by molar-refractivity contribution is 6.32. The van der Waals surface area contributed by atoms with Gasteiger partial charge in [0.1, 0.15) is 16.1 Å². The minimum Gasteiger partial charge on any atom is -0.306 e. The van der Waals surface area contributed by atoms with Crippen LogP contribution < -0.4 is 16.2 Å². The summed E-state index contributed by atoms with van der Waals surface area (Å²) in [6.07, 6.45) is 1.75. The number of pyridine rings is 2. The number of anilines is 2. The van der Waals surface area contributed by atoms with Crippen molar-refractivity contribution in [1.29, 1.82) is 0 Å². The Morgan fingerprint density at radius 2 is 1.88 bits per heavy atom. The van der Waals surface area contributed by atoms with Gasteiger partial charge in [-0.15, -0.1) is 0 Å². The minimum absolute atomic E-state index is 0.185. The lowest BCUT2D eigenvalue weighted by atomic mass is 10.2. The van der Waals surface area contributed by atoms with Crippen molar-refractivity contribution in [3.63, 3.8) is 0 Å². The molecular weight excluding hydrogens is 353 g/mol. The van der Waals surface area contributed by atoms with Crippen LogP contribution in [0.15, 0.2) is 24.4 Å². The first kappa shape index (κ1) is 16.3. The molecule has 0 atom stereocenters. The lowest BCUT2D eigenvalue weighted by Gasteiger charge is -2.10. The Morgan fingerprint density at radius 3 is 2.58 bits per heavy atom. The highest BCUT2D eigenvalue weighted by atomic mass is 35.5. The van der Waals surface area contributed by atoms with Crippen LogP contribution in [-0.4, -0.2) is 25.8 Å². The Labute approximate surface area is 147 Å². The van der Waals surface area contributed by atoms with E-state index in [0.29, 0.717) is 17.2 Å². The topological polar surface area (TPSA) is 96.8 Å². The number of nitrogens with one attached hydrogen (secondary N) is 3. The van der Waals surface area contributed by atoms with Crippen molar-refractivity contribution in [2.75, 3.05) is 10.7 Å². The number of rotatable bonds is 3. The molecule has 3 aromatic heterocycles. The number of nitrogens with zero attached hydrogens (tertiary/aromatic N) is 4. The van der Waals surface area contributed by atoms with Gasteiger partial charge in [0, 0.05) is 18.1 Å². The third-order valence-corrected chi connectivity index (χ3v) is 3.62. The largest absolute Gasteiger partial charge is 0.337 e. The average Bonchev–Trinajstić information content (AvgIpc) is 2.86. The van der Waals surface area contributed by atoms with Crippen LogP contribution in [-0.2, 0) is 7.05 Å². The molecule has 0 aliphatic carbocycles. The fourth-order valence-electron chi connectivity index (χ4n) is 2.16. The van der Waals surface area contributed by atoms with Gasteiger partial charge in [0.25, 0.3) is 0 Å². The summed E-state index contributed by atoms with van der Waals surface area (Å²) in [7, 11) is 1.80. The molecule has 124 valence electrons. The molecule has 0 radical (unpaired) electrons. The van der Waals surface area contributed by atoms with E-state index in [9.17, 15) is 4.79 Å². The predicted octanol–water partition coefficient (Wildman–Crippen LogP) is 3.13. The van der Waals surface area contributed by atoms with Crippen LogP contribution in [0.2, 0.25) is 10.3 Å². The van der Waals surface area contributed by atoms with Crippen molar-refractivity contribution in [2.24, 2.45) is 7.05 Å². The summed E-state index contributed by atoms with van der Waals surface area (Å²) in [5, 5.41) is 8.07. The van der Waals surface area contributed by atoms with Gasteiger partial charge in [-0.2, -0.15) is 5.10 Å². The molecule has 10 heteroatoms. The van der Waals surface area contributed by atoms with Crippen LogP contribution in [0.1, 0.15) is 5.56 Å². The van der Waals surface area contributed by atoms with Crippen LogP contribution in [0.25, 0.3) is 11.0 Å². The van der Waals surface area contributed by atoms with Crippen molar-refractivity contribution < 1.29 is 4.79 Å². The molecule has 0 spiro atoms. The van der Waals surface area contributed by atoms with E-state index >= 15 is 0 Å². The molecule has 2 amide bonds. The highest BCUT2D eigenvalue weighted by Crippen LogP contribution is 2.20. The first-order chi connectivity index (χ1) is 11.4. The molecule has 0 aliphatic rings. The number of aryl methyl sites for hydroxylation is 2. The second kappa shape index (κ2) is 6.50. The van der Waals surface area contributed by atoms with Gasteiger partial charge in [0.15, 0.2) is 5.65 Å². The number of aromatic nitrogens is 4. The van der Waals surface area contributed by atoms with E-state index in [-0.39, 0.29) is 10.3 Å². The maximum Gasteiger partial charge on any atom is 0.337 e. The Morgan fingerprint density at radius 1 is 1.17 bits per heavy atom. The quantitative estimate of drug-likeness (QED) is 0.489. The zero-order valence-electron chi connectivity index (χ0n) is 12.8. The molecule has 3 rings (SSSR count). The molecule has 0 unspecified atom stereocenters. The van der Waals surface area contributed by atoms with Crippen molar-refractivity contribution in [3.05, 3.63) is 40.3 Å². The Hall–Kier alpha value is -2.58. The standard InChI is InChI=1S/C14H13Cl2N7O/c1-7-3-12(20-13-9(7)6-17-23(13)2)21-22-14(24)18-8-4-10(15)19-11(16)5-8/h3-6H,1-2H3,(H,20,21)(H2,18,19,22,24). The fourth-order valence-corrected chi connectivity index (χ4v) is 2.62. The summed E-state index contributed by atoms with van der Waals surface area (Å²) in [5.41, 5.74) is 7.37. The summed E-state index contributed by atoms with van der Waals surface area (Å²) < 4.78 is 1.66. The number of hydrazine groups is 1. The number of carbonyl (C=O) groups excluding carboxylic acids is 1. The molecule has 3 heterocycles. The van der Waals surface area contributed by atoms with Crippen LogP contribution in [0.5, 0.6) is 0 Å². The molecule has 3 N–H and O–H groups in total. The van der Waals surface area contributed by atoms with E-state index in [4.69, 9.17) is 23.2 Å². The highest BCUT2D eigenvalue weighted by Gasteiger charge is 2.08. The van der Waals surface area contributed by atoms with E-state index in [1.165, 1.54) is 12.1 Å². The second-order valence-electron chi connectivity index (χ2n) is 5.04. The third-order valence-electron chi connectivity index (χ3n) is 3.24. The number of hydrogen-bond acceptors (Lipinski definition) is 5. The Balaban J connectivity index is 1.69. The summed E-state index contributed by atoms with van der Waals surface area (Å²) >= 11 is 11.6. The van der Waals surface area contributed by atoms with Crippen molar-refractivity contribution in [2.45, 2.75) is 6.92 Å². The molecule has 0 saturated carbocycles. The number of halogens is 2. The molecule has 24 heavy (non-hydrogen) atoms. The van der Waals surface area contributed by atoms with Crippen molar-refractivity contribution >= 4 is 51.8 Å². The second-order valence-corrected chi connectivity index (χ2v) is 5.81. The van der Waals surface area contributed by atoms with E-state index in [1.54, 1.807) is 17.9 Å². The SMILES string of the molecule is Cc1cc(NNC(=O)Nc2cc(Cl)nc(Cl)c2)nc2c1cnn2C. The van der Waals surface area contributed by atoms with Crippen LogP contribution in [0.4, 0.5) is 16.3 Å². The Bertz CT molecular complexity index is 905. The molecule has 8 nitrogen and oxygen atoms in total. The smallest absolute Gasteiger partial charge is 0.306 e. The zero-order valence-corrected chi connectivity index (χ0v) is 14.3. The van der Waals surface area contributed by atoms with Crippen molar-refractivity contribution in [3.8, 4) is 0 Å². The first-order valence-electron chi connectivity index (χ1n) is 6.88. The normalized spacial score (nSPS) is 10.7. The monoisotopic (exact) mass is 365 g/mol. The van der Waals surface area contributed by atoms with Gasteiger partial charge in [0.2, 0.25) is 0 Å². The molecule has 0 fully saturated rings. The van der Waals surface area contributed by atoms with Crippen LogP contribution in [0, 0.1) is 6.92 Å². The van der Waals surface area contributed by atoms with E-state index in [0.717, 1.165) is 10.9 Å². The van der Waals surface area contributed by atoms with E-state index < -0.39 is 6.03 Å². The van der Waals surface area contributed by atoms with Crippen molar-refractivity contribution in [1.82, 2.24) is 25.2 Å². The maximum atomic E-state index is 11.9. The van der Waals surface area contributed by atoms with Gasteiger partial charge < -0.3 is 5.32 Å². The first-order valence-corrected chi connectivity index (χ1v) is 7.63. The number of urea groups is 1. The lowest BCUT2D eigenvalue weighted by molar-refractivity contribution is 0.254. The Kier molecular flexibility index (Phi) is 4.41. The predicted molar refractivity (Wildman–Crippen MR) is 93.3 cm³/mol. The van der Waals surface area contributed by atoms with Crippen LogP contribution >= 0.6 is 23.2 Å². The minimum atomic E-state index is -0.502. The number of hydrogen-bond donors (Lipinski definition) is 3. The molecule has 0 aromatic carbocycles. The molecule has 0 bridgehead atoms. The third kappa shape index (κ3) is 3.50. The van der Waals surface area contributed by atoms with Gasteiger partial charge in [-0.05, 0) is 30.7 Å². The molecule has 0 saturated heterocycles. The van der Waals surface area contributed by atoms with Gasteiger partial charge >= 0.3 is 6.03 Å². The van der Waals surface area contributed by atoms with Gasteiger partial charge in [-0.1, -0.05) is 23.2 Å². The molecule has 0 aliphatic heterocycles. The summed E-state index contributed by atoms with van der Waals surface area (Å²) in [6, 6.07) is 4.27. The maximum absolute atomic E-state index is 11.9. The van der Waals surface area contributed by atoms with Gasteiger partial charge in [-0.3, -0.25) is 15.5 Å². The number of amides is 2. The molecular formula is C14H13Cl2N7O. The number of fused-ring (bicyclic) bond motifs is 1. The number of carbonyl (C=O) groups is 1. The zero-order chi connectivity index (χ0) is 17.3. The van der Waals surface area contributed by atoms with E-state index in [2.05, 4.69) is 31.2 Å². The lowest BCUT2D eigenvalue weighted by Crippen LogP contribution is -2.34. The average molecular weight is 366 g/mol. The fraction of sp³-hybridized carbons (Fsp3) is 0.143. The van der Waals surface area contributed by atoms with Gasteiger partial charge in [-0.25, -0.2) is 14.8 Å².